The van der Waals surface area contributed by atoms with Crippen LogP contribution in [0.4, 0.5) is 5.69 Å². The summed E-state index contributed by atoms with van der Waals surface area (Å²) in [6.45, 7) is 9.95. The van der Waals surface area contributed by atoms with Gasteiger partial charge < -0.3 is 10.3 Å². The zero-order valence-electron chi connectivity index (χ0n) is 11.8. The minimum Gasteiger partial charge on any atom is -0.399 e. The predicted molar refractivity (Wildman–Crippen MR) is 77.6 cm³/mol. The van der Waals surface area contributed by atoms with E-state index >= 15 is 0 Å². The molecule has 0 aliphatic rings. The summed E-state index contributed by atoms with van der Waals surface area (Å²) >= 11 is 0. The van der Waals surface area contributed by atoms with E-state index in [1.54, 1.807) is 0 Å². The van der Waals surface area contributed by atoms with Gasteiger partial charge in [-0.15, -0.1) is 0 Å². The minimum absolute atomic E-state index is 0.248. The molecule has 2 rings (SSSR count). The summed E-state index contributed by atoms with van der Waals surface area (Å²) in [5, 5.41) is 0. The monoisotopic (exact) mass is 245 g/mol. The lowest BCUT2D eigenvalue weighted by Gasteiger charge is -2.21. The highest BCUT2D eigenvalue weighted by atomic mass is 15.1. The number of rotatable bonds is 3. The van der Waals surface area contributed by atoms with Crippen LogP contribution in [0.3, 0.4) is 0 Å². The molecule has 1 heterocycles. The highest BCUT2D eigenvalue weighted by Crippen LogP contribution is 2.25. The third-order valence-corrected chi connectivity index (χ3v) is 2.96. The Morgan fingerprint density at radius 1 is 1.28 bits per heavy atom. The highest BCUT2D eigenvalue weighted by molar-refractivity contribution is 5.79. The molecule has 18 heavy (non-hydrogen) atoms. The van der Waals surface area contributed by atoms with Gasteiger partial charge in [0.15, 0.2) is 0 Å². The number of aromatic nitrogens is 2. The lowest BCUT2D eigenvalue weighted by molar-refractivity contribution is 0.342. The molecule has 3 heteroatoms. The van der Waals surface area contributed by atoms with Crippen LogP contribution < -0.4 is 5.73 Å². The zero-order valence-corrected chi connectivity index (χ0v) is 11.8. The van der Waals surface area contributed by atoms with Crippen LogP contribution >= 0.6 is 0 Å². The van der Waals surface area contributed by atoms with E-state index in [0.29, 0.717) is 0 Å². The van der Waals surface area contributed by atoms with Crippen LogP contribution in [-0.2, 0) is 13.0 Å². The van der Waals surface area contributed by atoms with Gasteiger partial charge in [-0.25, -0.2) is 4.98 Å². The predicted octanol–water partition coefficient (Wildman–Crippen LogP) is 3.62. The van der Waals surface area contributed by atoms with E-state index in [1.807, 2.05) is 12.1 Å². The Bertz CT molecular complexity index is 547. The van der Waals surface area contributed by atoms with Crippen molar-refractivity contribution in [1.29, 1.82) is 0 Å². The molecule has 0 saturated heterocycles. The van der Waals surface area contributed by atoms with Crippen molar-refractivity contribution < 1.29 is 0 Å². The van der Waals surface area contributed by atoms with Gasteiger partial charge in [-0.05, 0) is 30.0 Å². The molecule has 0 unspecified atom stereocenters. The lowest BCUT2D eigenvalue weighted by atomic mass is 9.96. The second-order valence-corrected chi connectivity index (χ2v) is 6.17. The van der Waals surface area contributed by atoms with Gasteiger partial charge in [0.05, 0.1) is 11.0 Å². The Hall–Kier alpha value is -1.51. The molecule has 0 radical (unpaired) electrons. The van der Waals surface area contributed by atoms with Crippen molar-refractivity contribution in [2.75, 3.05) is 5.73 Å². The molecule has 0 amide bonds. The van der Waals surface area contributed by atoms with Crippen LogP contribution in [-0.4, -0.2) is 9.55 Å². The van der Waals surface area contributed by atoms with Crippen molar-refractivity contribution in [3.05, 3.63) is 24.0 Å². The maximum absolute atomic E-state index is 5.84. The summed E-state index contributed by atoms with van der Waals surface area (Å²) in [5.74, 6) is 1.17. The average Bonchev–Trinajstić information content (AvgIpc) is 2.54. The number of benzene rings is 1. The van der Waals surface area contributed by atoms with E-state index in [2.05, 4.69) is 38.3 Å². The third kappa shape index (κ3) is 2.66. The Morgan fingerprint density at radius 2 is 2.00 bits per heavy atom. The number of anilines is 1. The molecular weight excluding hydrogens is 222 g/mol. The van der Waals surface area contributed by atoms with Crippen LogP contribution in [0.2, 0.25) is 0 Å². The minimum atomic E-state index is 0.248. The van der Waals surface area contributed by atoms with Gasteiger partial charge in [0.1, 0.15) is 5.82 Å². The van der Waals surface area contributed by atoms with E-state index < -0.39 is 0 Å². The van der Waals surface area contributed by atoms with Crippen molar-refractivity contribution in [3.63, 3.8) is 0 Å². The first-order valence-electron chi connectivity index (χ1n) is 6.65. The van der Waals surface area contributed by atoms with Gasteiger partial charge >= 0.3 is 0 Å². The highest BCUT2D eigenvalue weighted by Gasteiger charge is 2.17. The van der Waals surface area contributed by atoms with E-state index in [1.165, 1.54) is 11.3 Å². The van der Waals surface area contributed by atoms with Crippen LogP contribution in [0, 0.1) is 5.41 Å². The lowest BCUT2D eigenvalue weighted by Crippen LogP contribution is -2.17. The molecular formula is C15H23N3. The van der Waals surface area contributed by atoms with Crippen LogP contribution in [0.25, 0.3) is 11.0 Å². The maximum atomic E-state index is 5.84. The molecule has 0 spiro atoms. The summed E-state index contributed by atoms with van der Waals surface area (Å²) in [5.41, 5.74) is 9.08. The Labute approximate surface area is 109 Å². The normalized spacial score (nSPS) is 12.2. The Morgan fingerprint density at radius 3 is 2.61 bits per heavy atom. The van der Waals surface area contributed by atoms with Gasteiger partial charge in [-0.1, -0.05) is 27.7 Å². The van der Waals surface area contributed by atoms with E-state index in [9.17, 15) is 0 Å². The van der Waals surface area contributed by atoms with E-state index in [4.69, 9.17) is 10.7 Å². The topological polar surface area (TPSA) is 43.8 Å². The first-order valence-corrected chi connectivity index (χ1v) is 6.65. The maximum Gasteiger partial charge on any atom is 0.109 e. The van der Waals surface area contributed by atoms with Crippen molar-refractivity contribution in [3.8, 4) is 0 Å². The first kappa shape index (κ1) is 12.9. The Balaban J connectivity index is 2.55. The van der Waals surface area contributed by atoms with E-state index in [-0.39, 0.29) is 5.41 Å². The van der Waals surface area contributed by atoms with Gasteiger partial charge in [0, 0.05) is 18.7 Å². The second-order valence-electron chi connectivity index (χ2n) is 6.17. The number of nitrogens with zero attached hydrogens (tertiary/aromatic N) is 2. The summed E-state index contributed by atoms with van der Waals surface area (Å²) in [4.78, 5) is 4.73. The third-order valence-electron chi connectivity index (χ3n) is 2.96. The van der Waals surface area contributed by atoms with Crippen LogP contribution in [0.5, 0.6) is 0 Å². The average molecular weight is 245 g/mol. The largest absolute Gasteiger partial charge is 0.399 e. The van der Waals surface area contributed by atoms with Crippen LogP contribution in [0.15, 0.2) is 18.2 Å². The fourth-order valence-corrected chi connectivity index (χ4v) is 2.26. The van der Waals surface area contributed by atoms with Crippen LogP contribution in [0.1, 0.15) is 39.9 Å². The molecule has 0 saturated carbocycles. The molecule has 98 valence electrons. The molecule has 0 atom stereocenters. The number of nitrogens with two attached hydrogens (primary N) is 1. The van der Waals surface area contributed by atoms with Gasteiger partial charge in [0.2, 0.25) is 0 Å². The molecule has 2 N–H and O–H groups in total. The molecule has 2 aromatic rings. The fraction of sp³-hybridized carbons (Fsp3) is 0.533. The Kier molecular flexibility index (Phi) is 3.33. The SMILES string of the molecule is CCCc1nc2cc(N)ccc2n1CC(C)(C)C. The summed E-state index contributed by atoms with van der Waals surface area (Å²) < 4.78 is 2.35. The molecule has 1 aromatic carbocycles. The number of imidazole rings is 1. The molecule has 0 fully saturated rings. The van der Waals surface area contributed by atoms with Gasteiger partial charge in [-0.2, -0.15) is 0 Å². The summed E-state index contributed by atoms with van der Waals surface area (Å²) in [7, 11) is 0. The molecule has 3 nitrogen and oxygen atoms in total. The van der Waals surface area contributed by atoms with Gasteiger partial charge in [-0.3, -0.25) is 0 Å². The number of fused-ring (bicyclic) bond motifs is 1. The number of aryl methyl sites for hydroxylation is 1. The number of nitrogen functional groups attached to an aromatic ring is 1. The zero-order chi connectivity index (χ0) is 13.3. The fourth-order valence-electron chi connectivity index (χ4n) is 2.26. The molecule has 0 bridgehead atoms. The first-order chi connectivity index (χ1) is 8.40. The van der Waals surface area contributed by atoms with Crippen molar-refractivity contribution >= 4 is 16.7 Å². The smallest absolute Gasteiger partial charge is 0.109 e. The second kappa shape index (κ2) is 4.63. The van der Waals surface area contributed by atoms with E-state index in [0.717, 1.165) is 30.6 Å². The number of hydrogen-bond donors (Lipinski definition) is 1. The molecule has 0 aliphatic heterocycles. The van der Waals surface area contributed by atoms with Gasteiger partial charge in [0.25, 0.3) is 0 Å². The molecule has 0 aliphatic carbocycles. The summed E-state index contributed by atoms with van der Waals surface area (Å²) in [6, 6.07) is 6.01. The van der Waals surface area contributed by atoms with Crippen molar-refractivity contribution in [2.24, 2.45) is 5.41 Å². The van der Waals surface area contributed by atoms with Crippen molar-refractivity contribution in [2.45, 2.75) is 47.1 Å². The summed E-state index contributed by atoms with van der Waals surface area (Å²) in [6.07, 6.45) is 2.13. The standard InChI is InChI=1S/C15H23N3/c1-5-6-14-17-12-9-11(16)7-8-13(12)18(14)10-15(2,3)4/h7-9H,5-6,10,16H2,1-4H3. The molecule has 1 aromatic heterocycles. The van der Waals surface area contributed by atoms with Crippen molar-refractivity contribution in [1.82, 2.24) is 9.55 Å². The quantitative estimate of drug-likeness (QED) is 0.839. The number of hydrogen-bond acceptors (Lipinski definition) is 2.